The van der Waals surface area contributed by atoms with Crippen molar-refractivity contribution in [2.75, 3.05) is 13.2 Å². The van der Waals surface area contributed by atoms with E-state index in [4.69, 9.17) is 5.11 Å². The molecule has 1 aliphatic rings. The molecule has 0 bridgehead atoms. The van der Waals surface area contributed by atoms with E-state index < -0.39 is 0 Å². The van der Waals surface area contributed by atoms with Crippen LogP contribution in [0.4, 0.5) is 0 Å². The largest absolute Gasteiger partial charge is 0.396 e. The lowest BCUT2D eigenvalue weighted by Crippen LogP contribution is -2.47. The first kappa shape index (κ1) is 9.01. The Bertz CT molecular complexity index is 121. The fourth-order valence-electron chi connectivity index (χ4n) is 1.89. The molecular weight excluding hydrogens is 138 g/mol. The van der Waals surface area contributed by atoms with Gasteiger partial charge in [-0.1, -0.05) is 13.8 Å². The summed E-state index contributed by atoms with van der Waals surface area (Å²) in [7, 11) is 0. The lowest BCUT2D eigenvalue weighted by Gasteiger charge is -2.39. The van der Waals surface area contributed by atoms with Gasteiger partial charge in [-0.05, 0) is 31.2 Å². The van der Waals surface area contributed by atoms with Crippen LogP contribution in [0.5, 0.6) is 0 Å². The van der Waals surface area contributed by atoms with Gasteiger partial charge in [-0.25, -0.2) is 0 Å². The third kappa shape index (κ3) is 2.17. The summed E-state index contributed by atoms with van der Waals surface area (Å²) in [5.41, 5.74) is 0.376. The number of rotatable bonds is 2. The molecule has 2 nitrogen and oxygen atoms in total. The minimum atomic E-state index is 0.307. The van der Waals surface area contributed by atoms with E-state index in [0.717, 1.165) is 13.0 Å². The number of hydrogen-bond donors (Lipinski definition) is 2. The maximum absolute atomic E-state index is 8.81. The molecular formula is C9H19NO. The zero-order valence-electron chi connectivity index (χ0n) is 7.56. The second kappa shape index (κ2) is 3.55. The first-order valence-corrected chi connectivity index (χ1v) is 4.51. The van der Waals surface area contributed by atoms with Crippen LogP contribution in [0, 0.1) is 5.41 Å². The van der Waals surface area contributed by atoms with Gasteiger partial charge in [-0.2, -0.15) is 0 Å². The Morgan fingerprint density at radius 3 is 2.82 bits per heavy atom. The van der Waals surface area contributed by atoms with Crippen molar-refractivity contribution in [1.82, 2.24) is 5.32 Å². The van der Waals surface area contributed by atoms with Gasteiger partial charge in [-0.3, -0.25) is 0 Å². The fourth-order valence-corrected chi connectivity index (χ4v) is 1.89. The monoisotopic (exact) mass is 157 g/mol. The summed E-state index contributed by atoms with van der Waals surface area (Å²) in [5.74, 6) is 0. The maximum atomic E-state index is 8.81. The molecule has 0 amide bonds. The molecule has 0 aromatic heterocycles. The van der Waals surface area contributed by atoms with Crippen LogP contribution in [0.15, 0.2) is 0 Å². The summed E-state index contributed by atoms with van der Waals surface area (Å²) in [4.78, 5) is 0. The Labute approximate surface area is 69.0 Å². The van der Waals surface area contributed by atoms with Crippen LogP contribution in [-0.4, -0.2) is 24.3 Å². The Kier molecular flexibility index (Phi) is 2.90. The van der Waals surface area contributed by atoms with E-state index in [1.165, 1.54) is 12.8 Å². The molecule has 1 rings (SSSR count). The van der Waals surface area contributed by atoms with Gasteiger partial charge in [0.25, 0.3) is 0 Å². The van der Waals surface area contributed by atoms with E-state index in [0.29, 0.717) is 18.1 Å². The topological polar surface area (TPSA) is 32.3 Å². The van der Waals surface area contributed by atoms with E-state index in [2.05, 4.69) is 19.2 Å². The van der Waals surface area contributed by atoms with E-state index in [1.54, 1.807) is 0 Å². The molecule has 0 aromatic rings. The lowest BCUT2D eigenvalue weighted by atomic mass is 9.76. The summed E-state index contributed by atoms with van der Waals surface area (Å²) in [6.07, 6.45) is 3.45. The number of aliphatic hydroxyl groups excluding tert-OH is 1. The standard InChI is InChI=1S/C9H19NO/c1-9(2)5-3-6-10-8(9)4-7-11/h8,10-11H,3-7H2,1-2H3. The van der Waals surface area contributed by atoms with Gasteiger partial charge in [-0.15, -0.1) is 0 Å². The minimum Gasteiger partial charge on any atom is -0.396 e. The van der Waals surface area contributed by atoms with Crippen LogP contribution in [-0.2, 0) is 0 Å². The van der Waals surface area contributed by atoms with Gasteiger partial charge in [0.1, 0.15) is 0 Å². The SMILES string of the molecule is CC1(C)CCCNC1CCO. The van der Waals surface area contributed by atoms with Crippen molar-refractivity contribution in [2.45, 2.75) is 39.2 Å². The zero-order valence-corrected chi connectivity index (χ0v) is 7.56. The van der Waals surface area contributed by atoms with Crippen molar-refractivity contribution in [3.8, 4) is 0 Å². The number of hydrogen-bond acceptors (Lipinski definition) is 2. The Balaban J connectivity index is 2.45. The molecule has 66 valence electrons. The number of nitrogens with one attached hydrogen (secondary N) is 1. The van der Waals surface area contributed by atoms with Crippen LogP contribution in [0.25, 0.3) is 0 Å². The molecule has 0 radical (unpaired) electrons. The van der Waals surface area contributed by atoms with Gasteiger partial charge in [0.2, 0.25) is 0 Å². The average molecular weight is 157 g/mol. The van der Waals surface area contributed by atoms with Crippen LogP contribution < -0.4 is 5.32 Å². The molecule has 2 heteroatoms. The van der Waals surface area contributed by atoms with Gasteiger partial charge in [0, 0.05) is 12.6 Å². The molecule has 2 N–H and O–H groups in total. The Morgan fingerprint density at radius 2 is 2.27 bits per heavy atom. The summed E-state index contributed by atoms with van der Waals surface area (Å²) in [6.45, 7) is 5.98. The lowest BCUT2D eigenvalue weighted by molar-refractivity contribution is 0.144. The predicted molar refractivity (Wildman–Crippen MR) is 46.5 cm³/mol. The molecule has 1 aliphatic heterocycles. The van der Waals surface area contributed by atoms with Gasteiger partial charge < -0.3 is 10.4 Å². The number of piperidine rings is 1. The van der Waals surface area contributed by atoms with Crippen LogP contribution in [0.1, 0.15) is 33.1 Å². The first-order chi connectivity index (χ1) is 5.17. The summed E-state index contributed by atoms with van der Waals surface area (Å²) < 4.78 is 0. The minimum absolute atomic E-state index is 0.307. The average Bonchev–Trinajstić information content (AvgIpc) is 1.94. The van der Waals surface area contributed by atoms with E-state index in [9.17, 15) is 0 Å². The summed E-state index contributed by atoms with van der Waals surface area (Å²) in [6, 6.07) is 0.515. The first-order valence-electron chi connectivity index (χ1n) is 4.51. The quantitative estimate of drug-likeness (QED) is 0.630. The molecule has 1 unspecified atom stereocenters. The van der Waals surface area contributed by atoms with E-state index >= 15 is 0 Å². The van der Waals surface area contributed by atoms with E-state index in [1.807, 2.05) is 0 Å². The Morgan fingerprint density at radius 1 is 1.55 bits per heavy atom. The van der Waals surface area contributed by atoms with Crippen molar-refractivity contribution in [1.29, 1.82) is 0 Å². The molecule has 0 aromatic carbocycles. The normalized spacial score (nSPS) is 30.3. The van der Waals surface area contributed by atoms with Crippen LogP contribution >= 0.6 is 0 Å². The molecule has 0 spiro atoms. The molecule has 1 saturated heterocycles. The third-order valence-corrected chi connectivity index (χ3v) is 2.75. The molecule has 1 heterocycles. The smallest absolute Gasteiger partial charge is 0.0446 e. The highest BCUT2D eigenvalue weighted by Gasteiger charge is 2.30. The number of aliphatic hydroxyl groups is 1. The summed E-state index contributed by atoms with van der Waals surface area (Å²) >= 11 is 0. The van der Waals surface area contributed by atoms with Crippen molar-refractivity contribution >= 4 is 0 Å². The fraction of sp³-hybridized carbons (Fsp3) is 1.00. The second-order valence-corrected chi connectivity index (χ2v) is 4.11. The van der Waals surface area contributed by atoms with Crippen LogP contribution in [0.2, 0.25) is 0 Å². The highest BCUT2D eigenvalue weighted by Crippen LogP contribution is 2.31. The Hall–Kier alpha value is -0.0800. The van der Waals surface area contributed by atoms with Gasteiger partial charge >= 0.3 is 0 Å². The van der Waals surface area contributed by atoms with Crippen molar-refractivity contribution < 1.29 is 5.11 Å². The maximum Gasteiger partial charge on any atom is 0.0446 e. The molecule has 1 atom stereocenters. The van der Waals surface area contributed by atoms with Gasteiger partial charge in [0.05, 0.1) is 0 Å². The summed E-state index contributed by atoms with van der Waals surface area (Å²) in [5, 5.41) is 12.3. The zero-order chi connectivity index (χ0) is 8.32. The van der Waals surface area contributed by atoms with Crippen molar-refractivity contribution in [2.24, 2.45) is 5.41 Å². The molecule has 0 aliphatic carbocycles. The predicted octanol–water partition coefficient (Wildman–Crippen LogP) is 1.15. The molecule has 1 fully saturated rings. The third-order valence-electron chi connectivity index (χ3n) is 2.75. The van der Waals surface area contributed by atoms with Crippen molar-refractivity contribution in [3.63, 3.8) is 0 Å². The highest BCUT2D eigenvalue weighted by molar-refractivity contribution is 4.87. The van der Waals surface area contributed by atoms with E-state index in [-0.39, 0.29) is 0 Å². The highest BCUT2D eigenvalue weighted by atomic mass is 16.3. The van der Waals surface area contributed by atoms with Crippen molar-refractivity contribution in [3.05, 3.63) is 0 Å². The van der Waals surface area contributed by atoms with Gasteiger partial charge in [0.15, 0.2) is 0 Å². The molecule has 0 saturated carbocycles. The molecule has 11 heavy (non-hydrogen) atoms. The van der Waals surface area contributed by atoms with Crippen LogP contribution in [0.3, 0.4) is 0 Å². The second-order valence-electron chi connectivity index (χ2n) is 4.11.